The lowest BCUT2D eigenvalue weighted by Gasteiger charge is -2.18. The number of ether oxygens (including phenoxy) is 1. The van der Waals surface area contributed by atoms with Crippen LogP contribution in [0.1, 0.15) is 17.3 Å². The number of carbonyl (C=O) groups excluding carboxylic acids is 1. The van der Waals surface area contributed by atoms with E-state index in [4.69, 9.17) is 21.3 Å². The number of fused-ring (bicyclic) bond motifs is 1. The number of halogens is 4. The van der Waals surface area contributed by atoms with Gasteiger partial charge in [-0.15, -0.1) is 0 Å². The van der Waals surface area contributed by atoms with Crippen LogP contribution in [0, 0.1) is 17.5 Å². The first kappa shape index (κ1) is 23.5. The number of anilines is 2. The number of hydrogen-bond donors (Lipinski definition) is 4. The maximum absolute atomic E-state index is 14.7. The first-order valence-corrected chi connectivity index (χ1v) is 9.86. The van der Waals surface area contributed by atoms with Crippen molar-refractivity contribution in [2.24, 2.45) is 5.73 Å². The Morgan fingerprint density at radius 2 is 2.00 bits per heavy atom. The summed E-state index contributed by atoms with van der Waals surface area (Å²) in [6.45, 7) is 0.971. The number of rotatable bonds is 6. The molecule has 6 N–H and O–H groups in total. The molecule has 3 rings (SSSR count). The van der Waals surface area contributed by atoms with E-state index < -0.39 is 52.3 Å². The molecule has 0 bridgehead atoms. The van der Waals surface area contributed by atoms with Gasteiger partial charge in [-0.2, -0.15) is 0 Å². The minimum absolute atomic E-state index is 0.0415. The summed E-state index contributed by atoms with van der Waals surface area (Å²) in [5.41, 5.74) is 9.14. The fraction of sp³-hybridized carbons (Fsp3) is 0.211. The molecular formula is C19H17BrF3N5O4. The van der Waals surface area contributed by atoms with E-state index in [1.54, 1.807) is 0 Å². The zero-order chi connectivity index (χ0) is 23.7. The van der Waals surface area contributed by atoms with Gasteiger partial charge in [0.1, 0.15) is 17.6 Å². The van der Waals surface area contributed by atoms with Crippen molar-refractivity contribution in [2.75, 3.05) is 24.2 Å². The second-order valence-electron chi connectivity index (χ2n) is 6.61. The van der Waals surface area contributed by atoms with E-state index in [1.165, 1.54) is 6.92 Å². The van der Waals surface area contributed by atoms with Crippen LogP contribution in [0.15, 0.2) is 27.6 Å². The number of carbonyl (C=O) groups is 1. The van der Waals surface area contributed by atoms with Crippen molar-refractivity contribution in [3.8, 4) is 5.82 Å². The molecule has 1 aromatic carbocycles. The van der Waals surface area contributed by atoms with Crippen molar-refractivity contribution in [2.45, 2.75) is 13.2 Å². The summed E-state index contributed by atoms with van der Waals surface area (Å²) in [6.07, 6.45) is -0.160. The monoisotopic (exact) mass is 515 g/mol. The standard InChI is InChI=1S/C19H17BrF3N5O4/c1-7(24)32-19(31)9-6-28(18-12(23)5-11(22)17(25)27-18)15-8(16(9)30)4-10(21)14(13(15)20)26-2-3-29/h4-7,26,29H,2-3,24H2,1H3,(H2,25,27). The summed E-state index contributed by atoms with van der Waals surface area (Å²) in [6, 6.07) is 1.30. The minimum Gasteiger partial charge on any atom is -0.443 e. The van der Waals surface area contributed by atoms with E-state index in [0.717, 1.165) is 16.8 Å². The quantitative estimate of drug-likeness (QED) is 0.288. The SMILES string of the molecule is CC(N)OC(=O)c1cn(-c2nc(N)c(F)cc2F)c2c(Br)c(NCCO)c(F)cc2c1=O. The number of esters is 1. The molecule has 0 saturated heterocycles. The fourth-order valence-electron chi connectivity index (χ4n) is 2.94. The lowest BCUT2D eigenvalue weighted by Crippen LogP contribution is -2.28. The van der Waals surface area contributed by atoms with Crippen LogP contribution in [-0.4, -0.2) is 40.0 Å². The predicted molar refractivity (Wildman–Crippen MR) is 114 cm³/mol. The van der Waals surface area contributed by atoms with Gasteiger partial charge in [0.2, 0.25) is 5.43 Å². The Labute approximate surface area is 186 Å². The highest BCUT2D eigenvalue weighted by atomic mass is 79.9. The molecule has 32 heavy (non-hydrogen) atoms. The van der Waals surface area contributed by atoms with Crippen molar-refractivity contribution in [3.63, 3.8) is 0 Å². The molecule has 3 aromatic rings. The Balaban J connectivity index is 2.46. The Kier molecular flexibility index (Phi) is 6.71. The summed E-state index contributed by atoms with van der Waals surface area (Å²) in [5.74, 6) is -5.55. The van der Waals surface area contributed by atoms with Gasteiger partial charge < -0.3 is 20.9 Å². The van der Waals surface area contributed by atoms with Crippen LogP contribution in [0.2, 0.25) is 0 Å². The van der Waals surface area contributed by atoms with Crippen molar-refractivity contribution < 1.29 is 27.8 Å². The maximum atomic E-state index is 14.7. The van der Waals surface area contributed by atoms with E-state index >= 15 is 0 Å². The molecule has 1 atom stereocenters. The van der Waals surface area contributed by atoms with E-state index in [1.807, 2.05) is 0 Å². The van der Waals surface area contributed by atoms with Gasteiger partial charge in [-0.3, -0.25) is 15.1 Å². The maximum Gasteiger partial charge on any atom is 0.345 e. The number of hydrogen-bond acceptors (Lipinski definition) is 8. The Hall–Kier alpha value is -3.16. The molecule has 9 nitrogen and oxygen atoms in total. The molecule has 2 aromatic heterocycles. The second kappa shape index (κ2) is 9.14. The molecule has 0 saturated carbocycles. The Morgan fingerprint density at radius 3 is 2.62 bits per heavy atom. The van der Waals surface area contributed by atoms with Crippen LogP contribution < -0.4 is 22.2 Å². The first-order chi connectivity index (χ1) is 15.1. The first-order valence-electron chi connectivity index (χ1n) is 9.07. The third-order valence-corrected chi connectivity index (χ3v) is 5.05. The summed E-state index contributed by atoms with van der Waals surface area (Å²) in [4.78, 5) is 29.1. The van der Waals surface area contributed by atoms with Gasteiger partial charge in [0.05, 0.1) is 27.7 Å². The van der Waals surface area contributed by atoms with Gasteiger partial charge >= 0.3 is 5.97 Å². The second-order valence-corrected chi connectivity index (χ2v) is 7.40. The van der Waals surface area contributed by atoms with Crippen LogP contribution in [0.25, 0.3) is 16.7 Å². The lowest BCUT2D eigenvalue weighted by atomic mass is 10.1. The predicted octanol–water partition coefficient (Wildman–Crippen LogP) is 2.01. The van der Waals surface area contributed by atoms with E-state index in [-0.39, 0.29) is 34.2 Å². The zero-order valence-electron chi connectivity index (χ0n) is 16.5. The van der Waals surface area contributed by atoms with Crippen LogP contribution in [0.5, 0.6) is 0 Å². The molecule has 0 aliphatic carbocycles. The molecule has 2 heterocycles. The summed E-state index contributed by atoms with van der Waals surface area (Å²) >= 11 is 3.17. The van der Waals surface area contributed by atoms with E-state index in [9.17, 15) is 22.8 Å². The summed E-state index contributed by atoms with van der Waals surface area (Å²) in [7, 11) is 0. The molecule has 0 amide bonds. The van der Waals surface area contributed by atoms with Crippen LogP contribution in [-0.2, 0) is 4.74 Å². The molecule has 0 radical (unpaired) electrons. The van der Waals surface area contributed by atoms with Gasteiger partial charge in [0, 0.05) is 18.8 Å². The number of aliphatic hydroxyl groups is 1. The number of nitrogens with two attached hydrogens (primary N) is 2. The summed E-state index contributed by atoms with van der Waals surface area (Å²) < 4.78 is 48.8. The molecular weight excluding hydrogens is 499 g/mol. The molecule has 0 aliphatic rings. The number of nitrogens with one attached hydrogen (secondary N) is 1. The number of aliphatic hydroxyl groups excluding tert-OH is 1. The van der Waals surface area contributed by atoms with Gasteiger partial charge in [-0.1, -0.05) is 0 Å². The number of nitrogens with zero attached hydrogens (tertiary/aromatic N) is 2. The van der Waals surface area contributed by atoms with Crippen molar-refractivity contribution in [1.29, 1.82) is 0 Å². The number of benzene rings is 1. The molecule has 1 unspecified atom stereocenters. The highest BCUT2D eigenvalue weighted by Crippen LogP contribution is 2.35. The van der Waals surface area contributed by atoms with Gasteiger partial charge in [-0.05, 0) is 28.9 Å². The van der Waals surface area contributed by atoms with Crippen LogP contribution in [0.3, 0.4) is 0 Å². The average Bonchev–Trinajstić information content (AvgIpc) is 2.71. The van der Waals surface area contributed by atoms with Gasteiger partial charge in [0.15, 0.2) is 23.3 Å². The number of pyridine rings is 2. The van der Waals surface area contributed by atoms with Crippen LogP contribution >= 0.6 is 15.9 Å². The third-order valence-electron chi connectivity index (χ3n) is 4.27. The molecule has 0 fully saturated rings. The largest absolute Gasteiger partial charge is 0.443 e. The fourth-order valence-corrected chi connectivity index (χ4v) is 3.68. The molecule has 0 aliphatic heterocycles. The van der Waals surface area contributed by atoms with Crippen molar-refractivity contribution in [1.82, 2.24) is 9.55 Å². The van der Waals surface area contributed by atoms with E-state index in [0.29, 0.717) is 6.07 Å². The normalized spacial score (nSPS) is 12.1. The Bertz CT molecular complexity index is 1280. The summed E-state index contributed by atoms with van der Waals surface area (Å²) in [5, 5.41) is 11.3. The average molecular weight is 516 g/mol. The van der Waals surface area contributed by atoms with Crippen LogP contribution in [0.4, 0.5) is 24.7 Å². The smallest absolute Gasteiger partial charge is 0.345 e. The van der Waals surface area contributed by atoms with E-state index in [2.05, 4.69) is 26.2 Å². The Morgan fingerprint density at radius 1 is 1.31 bits per heavy atom. The molecule has 170 valence electrons. The number of aromatic nitrogens is 2. The minimum atomic E-state index is -1.17. The highest BCUT2D eigenvalue weighted by molar-refractivity contribution is 9.10. The lowest BCUT2D eigenvalue weighted by molar-refractivity contribution is 0.0353. The van der Waals surface area contributed by atoms with Crippen molar-refractivity contribution >= 4 is 44.3 Å². The van der Waals surface area contributed by atoms with Gasteiger partial charge in [-0.25, -0.2) is 22.9 Å². The number of nitrogen functional groups attached to an aromatic ring is 1. The third kappa shape index (κ3) is 4.26. The molecule has 13 heteroatoms. The van der Waals surface area contributed by atoms with Gasteiger partial charge in [0.25, 0.3) is 0 Å². The molecule has 0 spiro atoms. The highest BCUT2D eigenvalue weighted by Gasteiger charge is 2.25. The topological polar surface area (TPSA) is 145 Å². The zero-order valence-corrected chi connectivity index (χ0v) is 18.0. The van der Waals surface area contributed by atoms with Crippen molar-refractivity contribution in [3.05, 3.63) is 56.0 Å².